The van der Waals surface area contributed by atoms with Crippen LogP contribution in [0.4, 0.5) is 5.82 Å². The third-order valence-corrected chi connectivity index (χ3v) is 4.02. The van der Waals surface area contributed by atoms with Crippen LogP contribution in [-0.4, -0.2) is 34.5 Å². The lowest BCUT2D eigenvalue weighted by molar-refractivity contribution is -0.144. The van der Waals surface area contributed by atoms with Gasteiger partial charge in [0.05, 0.1) is 0 Å². The molecule has 0 saturated heterocycles. The average molecular weight is 389 g/mol. The van der Waals surface area contributed by atoms with E-state index >= 15 is 0 Å². The Hall–Kier alpha value is -3.36. The van der Waals surface area contributed by atoms with Gasteiger partial charge >= 0.3 is 11.7 Å². The molecule has 2 rings (SSSR count). The van der Waals surface area contributed by atoms with Crippen LogP contribution in [0.15, 0.2) is 33.9 Å². The summed E-state index contributed by atoms with van der Waals surface area (Å²) in [6.45, 7) is 3.01. The summed E-state index contributed by atoms with van der Waals surface area (Å²) in [5.74, 6) is -1.33. The lowest BCUT2D eigenvalue weighted by Crippen LogP contribution is -2.37. The number of nitrogens with two attached hydrogens (primary N) is 1. The minimum Gasteiger partial charge on any atom is -0.482 e. The summed E-state index contributed by atoms with van der Waals surface area (Å²) in [5, 5.41) is 0. The first-order chi connectivity index (χ1) is 13.4. The van der Waals surface area contributed by atoms with E-state index in [9.17, 15) is 19.2 Å². The zero-order chi connectivity index (χ0) is 20.7. The average Bonchev–Trinajstić information content (AvgIpc) is 2.68. The quantitative estimate of drug-likeness (QED) is 0.481. The van der Waals surface area contributed by atoms with E-state index in [4.69, 9.17) is 15.2 Å². The van der Waals surface area contributed by atoms with Crippen LogP contribution in [0.1, 0.15) is 36.2 Å². The predicted molar refractivity (Wildman–Crippen MR) is 103 cm³/mol. The molecule has 0 radical (unpaired) electrons. The Bertz CT molecular complexity index is 959. The lowest BCUT2D eigenvalue weighted by atomic mass is 10.2. The zero-order valence-corrected chi connectivity index (χ0v) is 15.8. The van der Waals surface area contributed by atoms with Crippen molar-refractivity contribution in [1.82, 2.24) is 9.55 Å². The van der Waals surface area contributed by atoms with Gasteiger partial charge in [-0.3, -0.25) is 19.1 Å². The number of nitrogens with one attached hydrogen (secondary N) is 1. The summed E-state index contributed by atoms with van der Waals surface area (Å²) in [6.07, 6.45) is 1.47. The van der Waals surface area contributed by atoms with Gasteiger partial charge in [-0.2, -0.15) is 0 Å². The summed E-state index contributed by atoms with van der Waals surface area (Å²) in [5.41, 5.74) is 4.91. The molecule has 9 nitrogen and oxygen atoms in total. The molecule has 0 aliphatic rings. The van der Waals surface area contributed by atoms with E-state index in [0.717, 1.165) is 16.6 Å². The highest BCUT2D eigenvalue weighted by molar-refractivity contribution is 6.01. The number of carbonyl (C=O) groups is 2. The van der Waals surface area contributed by atoms with Gasteiger partial charge in [0, 0.05) is 6.54 Å². The van der Waals surface area contributed by atoms with Crippen LogP contribution in [0.3, 0.4) is 0 Å². The minimum atomic E-state index is -0.914. The first-order valence-electron chi connectivity index (χ1n) is 8.90. The van der Waals surface area contributed by atoms with Crippen molar-refractivity contribution in [3.63, 3.8) is 0 Å². The second kappa shape index (κ2) is 9.54. The minimum absolute atomic E-state index is 0.242. The van der Waals surface area contributed by atoms with E-state index in [2.05, 4.69) is 0 Å². The molecule has 2 aromatic rings. The molecule has 1 aromatic carbocycles. The summed E-state index contributed by atoms with van der Waals surface area (Å²) < 4.78 is 11.2. The number of carbonyl (C=O) groups excluding carboxylic acids is 2. The van der Waals surface area contributed by atoms with Crippen LogP contribution in [0.25, 0.3) is 0 Å². The van der Waals surface area contributed by atoms with Crippen molar-refractivity contribution in [3.8, 4) is 5.75 Å². The molecule has 150 valence electrons. The Morgan fingerprint density at radius 2 is 1.79 bits per heavy atom. The fraction of sp³-hybridized carbons (Fsp3) is 0.368. The Balaban J connectivity index is 1.97. The summed E-state index contributed by atoms with van der Waals surface area (Å²) in [7, 11) is 0. The van der Waals surface area contributed by atoms with Crippen molar-refractivity contribution in [2.45, 2.75) is 33.2 Å². The number of hydrogen-bond acceptors (Lipinski definition) is 7. The molecule has 0 saturated carbocycles. The number of benzene rings is 1. The maximum atomic E-state index is 12.3. The van der Waals surface area contributed by atoms with Gasteiger partial charge in [-0.1, -0.05) is 26.0 Å². The van der Waals surface area contributed by atoms with Crippen LogP contribution in [-0.2, 0) is 22.5 Å². The number of aromatic amines is 1. The molecule has 9 heteroatoms. The number of esters is 1. The summed E-state index contributed by atoms with van der Waals surface area (Å²) in [4.78, 5) is 49.8. The molecule has 3 N–H and O–H groups in total. The number of nitrogens with zero attached hydrogens (tertiary/aromatic N) is 1. The topological polar surface area (TPSA) is 133 Å². The van der Waals surface area contributed by atoms with Crippen LogP contribution >= 0.6 is 0 Å². The Morgan fingerprint density at radius 1 is 1.11 bits per heavy atom. The van der Waals surface area contributed by atoms with Crippen LogP contribution < -0.4 is 21.7 Å². The smallest absolute Gasteiger partial charge is 0.344 e. The molecular weight excluding hydrogens is 366 g/mol. The van der Waals surface area contributed by atoms with Gasteiger partial charge in [-0.15, -0.1) is 0 Å². The van der Waals surface area contributed by atoms with E-state index < -0.39 is 35.2 Å². The number of aryl methyl sites for hydroxylation is 1. The highest BCUT2D eigenvalue weighted by Gasteiger charge is 2.20. The largest absolute Gasteiger partial charge is 0.482 e. The van der Waals surface area contributed by atoms with Gasteiger partial charge in [0.1, 0.15) is 17.1 Å². The Kier molecular flexibility index (Phi) is 7.14. The number of hydrogen-bond donors (Lipinski definition) is 2. The molecule has 0 fully saturated rings. The first-order valence-corrected chi connectivity index (χ1v) is 8.90. The van der Waals surface area contributed by atoms with Crippen molar-refractivity contribution < 1.29 is 19.1 Å². The maximum Gasteiger partial charge on any atom is 0.344 e. The monoisotopic (exact) mass is 389 g/mol. The van der Waals surface area contributed by atoms with E-state index in [-0.39, 0.29) is 19.0 Å². The van der Waals surface area contributed by atoms with Crippen LogP contribution in [0, 0.1) is 0 Å². The SMILES string of the molecule is CCCn1c(N)c(C(=O)COC(=O)COc2ccc(CC)cc2)c(=O)[nH]c1=O. The van der Waals surface area contributed by atoms with E-state index in [0.29, 0.717) is 12.2 Å². The normalized spacial score (nSPS) is 10.5. The number of rotatable bonds is 9. The molecule has 1 aromatic heterocycles. The van der Waals surface area contributed by atoms with E-state index in [1.54, 1.807) is 12.1 Å². The number of nitrogen functional groups attached to an aromatic ring is 1. The molecule has 0 aliphatic carbocycles. The van der Waals surface area contributed by atoms with Crippen molar-refractivity contribution in [3.05, 3.63) is 56.2 Å². The molecule has 0 bridgehead atoms. The Morgan fingerprint density at radius 3 is 2.39 bits per heavy atom. The standard InChI is InChI=1S/C19H23N3O6/c1-3-9-22-17(20)16(18(25)21-19(22)26)14(23)10-28-15(24)11-27-13-7-5-12(4-2)6-8-13/h5-8H,3-4,9-11,20H2,1-2H3,(H,21,25,26). The maximum absolute atomic E-state index is 12.3. The summed E-state index contributed by atoms with van der Waals surface area (Å²) in [6, 6.07) is 7.22. The molecule has 28 heavy (non-hydrogen) atoms. The fourth-order valence-corrected chi connectivity index (χ4v) is 2.53. The second-order valence-corrected chi connectivity index (χ2v) is 6.04. The molecule has 0 atom stereocenters. The first kappa shape index (κ1) is 20.9. The second-order valence-electron chi connectivity index (χ2n) is 6.04. The molecule has 0 amide bonds. The molecular formula is C19H23N3O6. The summed E-state index contributed by atoms with van der Waals surface area (Å²) >= 11 is 0. The molecule has 1 heterocycles. The number of ether oxygens (including phenoxy) is 2. The van der Waals surface area contributed by atoms with Crippen molar-refractivity contribution >= 4 is 17.6 Å². The lowest BCUT2D eigenvalue weighted by Gasteiger charge is -2.11. The van der Waals surface area contributed by atoms with Gasteiger partial charge < -0.3 is 15.2 Å². The van der Waals surface area contributed by atoms with Crippen LogP contribution in [0.2, 0.25) is 0 Å². The van der Waals surface area contributed by atoms with Gasteiger partial charge in [0.25, 0.3) is 5.56 Å². The van der Waals surface area contributed by atoms with Gasteiger partial charge in [-0.25, -0.2) is 9.59 Å². The van der Waals surface area contributed by atoms with Gasteiger partial charge in [0.2, 0.25) is 5.78 Å². The molecule has 0 aliphatic heterocycles. The Labute approximate surface area is 161 Å². The predicted octanol–water partition coefficient (Wildman–Crippen LogP) is 0.896. The number of aromatic nitrogens is 2. The van der Waals surface area contributed by atoms with Gasteiger partial charge in [-0.05, 0) is 30.5 Å². The number of ketones is 1. The highest BCUT2D eigenvalue weighted by atomic mass is 16.6. The molecule has 0 spiro atoms. The number of anilines is 1. The van der Waals surface area contributed by atoms with Crippen molar-refractivity contribution in [2.24, 2.45) is 0 Å². The zero-order valence-electron chi connectivity index (χ0n) is 15.8. The van der Waals surface area contributed by atoms with E-state index in [1.165, 1.54) is 0 Å². The van der Waals surface area contributed by atoms with Crippen molar-refractivity contribution in [2.75, 3.05) is 18.9 Å². The van der Waals surface area contributed by atoms with Crippen LogP contribution in [0.5, 0.6) is 5.75 Å². The third-order valence-electron chi connectivity index (χ3n) is 4.02. The number of Topliss-reactive ketones (excluding diaryl/α,β-unsaturated/α-hetero) is 1. The highest BCUT2D eigenvalue weighted by Crippen LogP contribution is 2.12. The molecule has 0 unspecified atom stereocenters. The van der Waals surface area contributed by atoms with E-state index in [1.807, 2.05) is 31.0 Å². The number of H-pyrrole nitrogens is 1. The van der Waals surface area contributed by atoms with Crippen molar-refractivity contribution in [1.29, 1.82) is 0 Å². The fourth-order valence-electron chi connectivity index (χ4n) is 2.53. The van der Waals surface area contributed by atoms with Gasteiger partial charge in [0.15, 0.2) is 13.2 Å². The third kappa shape index (κ3) is 5.09.